The summed E-state index contributed by atoms with van der Waals surface area (Å²) in [6, 6.07) is 3.09. The first-order valence-corrected chi connectivity index (χ1v) is 11.9. The number of pyridine rings is 2. The van der Waals surface area contributed by atoms with Crippen molar-refractivity contribution in [2.24, 2.45) is 16.5 Å². The first kappa shape index (κ1) is 28.1. The number of hydrogen-bond acceptors (Lipinski definition) is 8. The quantitative estimate of drug-likeness (QED) is 0.389. The summed E-state index contributed by atoms with van der Waals surface area (Å²) in [6.07, 6.45) is -0.00999. The summed E-state index contributed by atoms with van der Waals surface area (Å²) >= 11 is 6.95. The highest BCUT2D eigenvalue weighted by molar-refractivity contribution is 8.02. The summed E-state index contributed by atoms with van der Waals surface area (Å²) in [6.45, 7) is 3.91. The van der Waals surface area contributed by atoms with Crippen molar-refractivity contribution in [2.45, 2.75) is 48.3 Å². The van der Waals surface area contributed by atoms with Crippen molar-refractivity contribution in [3.63, 3.8) is 0 Å². The molecule has 8 nitrogen and oxygen atoms in total. The van der Waals surface area contributed by atoms with Crippen molar-refractivity contribution < 1.29 is 22.4 Å². The molecule has 3 heterocycles. The van der Waals surface area contributed by atoms with E-state index in [0.717, 1.165) is 30.1 Å². The van der Waals surface area contributed by atoms with Crippen LogP contribution in [-0.2, 0) is 5.54 Å². The van der Waals surface area contributed by atoms with E-state index in [2.05, 4.69) is 25.6 Å². The van der Waals surface area contributed by atoms with Crippen LogP contribution in [0.2, 0.25) is 5.02 Å². The van der Waals surface area contributed by atoms with Gasteiger partial charge in [0, 0.05) is 6.42 Å². The largest absolute Gasteiger partial charge is 0.386 e. The fourth-order valence-electron chi connectivity index (χ4n) is 3.93. The molecule has 0 aliphatic carbocycles. The maximum atomic E-state index is 15.3. The highest BCUT2D eigenvalue weighted by Gasteiger charge is 2.61. The third-order valence-corrected chi connectivity index (χ3v) is 8.06. The van der Waals surface area contributed by atoms with Crippen LogP contribution in [0.4, 0.5) is 23.4 Å². The monoisotopic (exact) mass is 547 g/mol. The molecular weight excluding hydrogens is 522 g/mol. The van der Waals surface area contributed by atoms with Gasteiger partial charge in [-0.25, -0.2) is 27.5 Å². The van der Waals surface area contributed by atoms with Gasteiger partial charge in [-0.3, -0.25) is 9.79 Å². The molecule has 0 spiro atoms. The summed E-state index contributed by atoms with van der Waals surface area (Å²) in [7, 11) is 1.46. The highest BCUT2D eigenvalue weighted by Crippen LogP contribution is 2.56. The Hall–Kier alpha value is -2.48. The standard InChI is InChI=1S/C22H26ClF4N7OS/c1-19(2)18(29)34-20(3,22(30-4,36-19)9-21(26,27)10-28)16-13(25)5-6-14(32-16)33-17(35)15-12(23)7-11(24)8-31-15/h5-8,30H,9-10,28H2,1-4H3,(H2,29,34)(H,32,33,35)/t20-,22-/m1/s1. The van der Waals surface area contributed by atoms with Gasteiger partial charge >= 0.3 is 0 Å². The molecule has 1 aliphatic heterocycles. The molecule has 0 aromatic carbocycles. The molecule has 0 radical (unpaired) electrons. The summed E-state index contributed by atoms with van der Waals surface area (Å²) in [4.78, 5) is 23.4. The van der Waals surface area contributed by atoms with Crippen LogP contribution in [0.25, 0.3) is 0 Å². The third kappa shape index (κ3) is 5.15. The van der Waals surface area contributed by atoms with Crippen LogP contribution in [0.3, 0.4) is 0 Å². The number of rotatable bonds is 7. The van der Waals surface area contributed by atoms with Gasteiger partial charge in [0.15, 0.2) is 0 Å². The van der Waals surface area contributed by atoms with E-state index in [1.807, 2.05) is 0 Å². The summed E-state index contributed by atoms with van der Waals surface area (Å²) in [5, 5.41) is 5.07. The first-order valence-electron chi connectivity index (χ1n) is 10.7. The SMILES string of the molecule is CN[C@]1(CC(F)(F)CN)SC(C)(C)C(N)=N[C@]1(C)c1nc(NC(=O)c2ncc(F)cc2Cl)ccc1F. The lowest BCUT2D eigenvalue weighted by atomic mass is 9.82. The van der Waals surface area contributed by atoms with E-state index in [1.165, 1.54) is 20.0 Å². The van der Waals surface area contributed by atoms with Gasteiger partial charge in [0.05, 0.1) is 22.5 Å². The highest BCUT2D eigenvalue weighted by atomic mass is 35.5. The zero-order valence-corrected chi connectivity index (χ0v) is 21.5. The fraction of sp³-hybridized carbons (Fsp3) is 0.455. The molecule has 3 rings (SSSR count). The number of anilines is 1. The number of alkyl halides is 2. The number of amides is 1. The van der Waals surface area contributed by atoms with Gasteiger partial charge in [0.2, 0.25) is 0 Å². The summed E-state index contributed by atoms with van der Waals surface area (Å²) in [5.74, 6) is -5.82. The zero-order chi connectivity index (χ0) is 27.1. The van der Waals surface area contributed by atoms with Gasteiger partial charge in [-0.15, -0.1) is 11.8 Å². The number of likely N-dealkylation sites (N-methyl/N-ethyl adjacent to an activating group) is 1. The van der Waals surface area contributed by atoms with Crippen molar-refractivity contribution in [1.82, 2.24) is 15.3 Å². The number of nitrogens with one attached hydrogen (secondary N) is 2. The van der Waals surface area contributed by atoms with Crippen LogP contribution in [0.15, 0.2) is 29.4 Å². The smallest absolute Gasteiger partial charge is 0.276 e. The Morgan fingerprint density at radius 1 is 1.25 bits per heavy atom. The molecule has 1 amide bonds. The molecular formula is C22H26ClF4N7OS. The van der Waals surface area contributed by atoms with Gasteiger partial charge in [-0.05, 0) is 46.0 Å². The maximum absolute atomic E-state index is 15.3. The number of amidine groups is 1. The maximum Gasteiger partial charge on any atom is 0.276 e. The van der Waals surface area contributed by atoms with E-state index >= 15 is 4.39 Å². The van der Waals surface area contributed by atoms with E-state index in [4.69, 9.17) is 23.1 Å². The Labute approximate surface area is 214 Å². The minimum atomic E-state index is -3.33. The summed E-state index contributed by atoms with van der Waals surface area (Å²) in [5.41, 5.74) is 9.11. The Kier molecular flexibility index (Phi) is 7.62. The number of carbonyl (C=O) groups is 1. The van der Waals surface area contributed by atoms with Crippen LogP contribution in [0.1, 0.15) is 43.4 Å². The van der Waals surface area contributed by atoms with Crippen molar-refractivity contribution in [3.05, 3.63) is 52.4 Å². The van der Waals surface area contributed by atoms with Crippen LogP contribution in [0, 0.1) is 11.6 Å². The molecule has 14 heteroatoms. The minimum Gasteiger partial charge on any atom is -0.386 e. The van der Waals surface area contributed by atoms with Crippen LogP contribution < -0.4 is 22.1 Å². The lowest BCUT2D eigenvalue weighted by molar-refractivity contribution is -0.0216. The Balaban J connectivity index is 2.13. The topological polar surface area (TPSA) is 131 Å². The molecule has 6 N–H and O–H groups in total. The van der Waals surface area contributed by atoms with Gasteiger partial charge < -0.3 is 22.1 Å². The van der Waals surface area contributed by atoms with Crippen molar-refractivity contribution in [2.75, 3.05) is 18.9 Å². The molecule has 196 valence electrons. The van der Waals surface area contributed by atoms with Crippen LogP contribution in [0.5, 0.6) is 0 Å². The van der Waals surface area contributed by atoms with E-state index < -0.39 is 51.6 Å². The molecule has 2 atom stereocenters. The molecule has 0 saturated carbocycles. The second kappa shape index (κ2) is 9.77. The van der Waals surface area contributed by atoms with Gasteiger partial charge in [-0.2, -0.15) is 0 Å². The van der Waals surface area contributed by atoms with Crippen LogP contribution >= 0.6 is 23.4 Å². The van der Waals surface area contributed by atoms with Crippen molar-refractivity contribution in [3.8, 4) is 0 Å². The van der Waals surface area contributed by atoms with Gasteiger partial charge in [0.1, 0.15) is 45.1 Å². The molecule has 0 bridgehead atoms. The molecule has 0 saturated heterocycles. The number of carbonyl (C=O) groups excluding carboxylic acids is 1. The molecule has 2 aromatic rings. The van der Waals surface area contributed by atoms with E-state index in [-0.39, 0.29) is 28.1 Å². The van der Waals surface area contributed by atoms with E-state index in [9.17, 15) is 18.0 Å². The van der Waals surface area contributed by atoms with Crippen molar-refractivity contribution >= 4 is 40.9 Å². The number of halogens is 5. The second-order valence-electron chi connectivity index (χ2n) is 8.96. The molecule has 1 aliphatic rings. The number of thioether (sulfide) groups is 1. The predicted octanol–water partition coefficient (Wildman–Crippen LogP) is 3.66. The minimum absolute atomic E-state index is 0.0925. The molecule has 36 heavy (non-hydrogen) atoms. The molecule has 2 aromatic heterocycles. The second-order valence-corrected chi connectivity index (χ2v) is 11.3. The predicted molar refractivity (Wildman–Crippen MR) is 132 cm³/mol. The Morgan fingerprint density at radius 3 is 2.50 bits per heavy atom. The number of nitrogens with two attached hydrogens (primary N) is 2. The average molecular weight is 548 g/mol. The zero-order valence-electron chi connectivity index (χ0n) is 19.9. The van der Waals surface area contributed by atoms with Crippen LogP contribution in [-0.4, -0.2) is 50.8 Å². The fourth-order valence-corrected chi connectivity index (χ4v) is 5.92. The number of hydrogen-bond donors (Lipinski definition) is 4. The van der Waals surface area contributed by atoms with E-state index in [0.29, 0.717) is 0 Å². The average Bonchev–Trinajstić information content (AvgIpc) is 2.78. The third-order valence-electron chi connectivity index (χ3n) is 5.96. The number of aromatic nitrogens is 2. The number of nitrogens with zero attached hydrogens (tertiary/aromatic N) is 3. The summed E-state index contributed by atoms with van der Waals surface area (Å²) < 4.78 is 57.1. The lowest BCUT2D eigenvalue weighted by Gasteiger charge is -2.53. The van der Waals surface area contributed by atoms with Gasteiger partial charge in [-0.1, -0.05) is 11.6 Å². The van der Waals surface area contributed by atoms with Crippen molar-refractivity contribution in [1.29, 1.82) is 0 Å². The Morgan fingerprint density at radius 2 is 1.92 bits per heavy atom. The molecule has 0 fully saturated rings. The Bertz CT molecular complexity index is 1210. The molecule has 0 unspecified atom stereocenters. The van der Waals surface area contributed by atoms with Gasteiger partial charge in [0.25, 0.3) is 11.8 Å². The number of aliphatic imine (C=N–C) groups is 1. The normalized spacial score (nSPS) is 23.8. The lowest BCUT2D eigenvalue weighted by Crippen LogP contribution is -2.65. The van der Waals surface area contributed by atoms with E-state index in [1.54, 1.807) is 13.8 Å². The first-order chi connectivity index (χ1) is 16.6.